The fraction of sp³-hybridized carbons (Fsp3) is 0.793. The second-order valence-electron chi connectivity index (χ2n) is 9.69. The van der Waals surface area contributed by atoms with E-state index in [1.54, 1.807) is 18.2 Å². The number of hydrogen-bond acceptors (Lipinski definition) is 5. The second-order valence-corrected chi connectivity index (χ2v) is 10.3. The molecular weight excluding hydrogens is 502 g/mol. The summed E-state index contributed by atoms with van der Waals surface area (Å²) in [4.78, 5) is 0. The maximum atomic E-state index is 16.3. The van der Waals surface area contributed by atoms with Crippen molar-refractivity contribution in [2.24, 2.45) is 0 Å². The van der Waals surface area contributed by atoms with Gasteiger partial charge in [-0.3, -0.25) is 0 Å². The minimum absolute atomic E-state index is 0.0749. The number of benzene rings is 1. The van der Waals surface area contributed by atoms with Crippen LogP contribution >= 0.6 is 11.6 Å². The van der Waals surface area contributed by atoms with E-state index in [1.165, 1.54) is 12.1 Å². The number of ether oxygens (including phenoxy) is 5. The van der Waals surface area contributed by atoms with Crippen LogP contribution in [0.1, 0.15) is 84.6 Å². The van der Waals surface area contributed by atoms with Crippen molar-refractivity contribution >= 4 is 11.6 Å². The molecule has 1 aliphatic heterocycles. The summed E-state index contributed by atoms with van der Waals surface area (Å²) in [5, 5.41) is -2.51. The molecule has 1 aromatic rings. The maximum absolute atomic E-state index is 16.3. The van der Waals surface area contributed by atoms with Crippen LogP contribution in [0.15, 0.2) is 30.3 Å². The standard InChI is InChI=1S/C29H47ClF2O5/c1-5-9-18-33-22-24-25(34-19-10-6-2)26(35-20-11-7-3)27(36-21-12-8-4)28(30,37-24)29(31,32)23-16-14-13-15-17-23/h13-17,24-27H,5-12,18-22H2,1-4H3/t24-,25-,26+,27-,28?/m1/s1. The van der Waals surface area contributed by atoms with E-state index in [9.17, 15) is 0 Å². The van der Waals surface area contributed by atoms with Crippen molar-refractivity contribution in [1.29, 1.82) is 0 Å². The molecule has 37 heavy (non-hydrogen) atoms. The zero-order valence-electron chi connectivity index (χ0n) is 23.1. The van der Waals surface area contributed by atoms with Gasteiger partial charge in [0.2, 0.25) is 5.06 Å². The van der Waals surface area contributed by atoms with E-state index in [1.807, 2.05) is 6.92 Å². The van der Waals surface area contributed by atoms with Crippen molar-refractivity contribution < 1.29 is 32.5 Å². The lowest BCUT2D eigenvalue weighted by Crippen LogP contribution is -2.69. The Morgan fingerprint density at radius 3 is 1.86 bits per heavy atom. The molecule has 0 spiro atoms. The van der Waals surface area contributed by atoms with Crippen LogP contribution in [0.4, 0.5) is 8.78 Å². The summed E-state index contributed by atoms with van der Waals surface area (Å²) in [5.74, 6) is -3.57. The highest BCUT2D eigenvalue weighted by Gasteiger charge is 2.68. The van der Waals surface area contributed by atoms with Crippen LogP contribution in [-0.4, -0.2) is 62.5 Å². The summed E-state index contributed by atoms with van der Waals surface area (Å²) >= 11 is 6.93. The van der Waals surface area contributed by atoms with Crippen molar-refractivity contribution in [3.63, 3.8) is 0 Å². The smallest absolute Gasteiger partial charge is 0.318 e. The molecule has 2 rings (SSSR count). The normalized spacial score (nSPS) is 26.5. The predicted octanol–water partition coefficient (Wildman–Crippen LogP) is 7.48. The highest BCUT2D eigenvalue weighted by molar-refractivity contribution is 6.24. The van der Waals surface area contributed by atoms with Gasteiger partial charge in [-0.05, 0) is 25.7 Å². The predicted molar refractivity (Wildman–Crippen MR) is 143 cm³/mol. The van der Waals surface area contributed by atoms with Gasteiger partial charge in [0.15, 0.2) is 0 Å². The first-order valence-electron chi connectivity index (χ1n) is 14.1. The van der Waals surface area contributed by atoms with Gasteiger partial charge in [-0.2, -0.15) is 8.78 Å². The maximum Gasteiger partial charge on any atom is 0.318 e. The van der Waals surface area contributed by atoms with E-state index in [-0.39, 0.29) is 18.8 Å². The molecule has 1 aromatic carbocycles. The Balaban J connectivity index is 2.51. The summed E-state index contributed by atoms with van der Waals surface area (Å²) in [7, 11) is 0. The Hall–Kier alpha value is -0.830. The minimum Gasteiger partial charge on any atom is -0.379 e. The van der Waals surface area contributed by atoms with Crippen molar-refractivity contribution in [2.45, 2.75) is 114 Å². The molecule has 0 N–H and O–H groups in total. The summed E-state index contributed by atoms with van der Waals surface area (Å²) in [5.41, 5.74) is -0.239. The molecule has 0 bridgehead atoms. The zero-order valence-corrected chi connectivity index (χ0v) is 23.8. The Morgan fingerprint density at radius 2 is 1.30 bits per heavy atom. The van der Waals surface area contributed by atoms with Gasteiger partial charge in [0.05, 0.1) is 6.61 Å². The third kappa shape index (κ3) is 8.84. The van der Waals surface area contributed by atoms with E-state index in [0.29, 0.717) is 26.2 Å². The molecule has 0 aromatic heterocycles. The monoisotopic (exact) mass is 548 g/mol. The molecule has 0 aliphatic carbocycles. The molecule has 214 valence electrons. The van der Waals surface area contributed by atoms with Gasteiger partial charge in [0, 0.05) is 32.0 Å². The SMILES string of the molecule is CCCCOC[C@H]1OC(Cl)(C(F)(F)c2ccccc2)[C@H](OCCCC)[C@@H](OCCCC)[C@@H]1OCCCC. The molecule has 0 radical (unpaired) electrons. The average Bonchev–Trinajstić information content (AvgIpc) is 2.90. The van der Waals surface area contributed by atoms with Gasteiger partial charge < -0.3 is 23.7 Å². The molecule has 5 atom stereocenters. The average molecular weight is 549 g/mol. The summed E-state index contributed by atoms with van der Waals surface area (Å²) in [6, 6.07) is 7.54. The van der Waals surface area contributed by atoms with Gasteiger partial charge in [-0.1, -0.05) is 95.3 Å². The van der Waals surface area contributed by atoms with Crippen LogP contribution in [-0.2, 0) is 29.6 Å². The summed E-state index contributed by atoms with van der Waals surface area (Å²) < 4.78 is 63.4. The minimum atomic E-state index is -3.57. The molecule has 1 fully saturated rings. The van der Waals surface area contributed by atoms with E-state index in [2.05, 4.69) is 20.8 Å². The number of alkyl halides is 3. The number of unbranched alkanes of at least 4 members (excludes halogenated alkanes) is 4. The molecule has 5 nitrogen and oxygen atoms in total. The molecule has 0 saturated carbocycles. The molecule has 1 unspecified atom stereocenters. The zero-order chi connectivity index (χ0) is 27.2. The molecule has 1 aliphatic rings. The van der Waals surface area contributed by atoms with Gasteiger partial charge in [0.1, 0.15) is 24.4 Å². The largest absolute Gasteiger partial charge is 0.379 e. The Kier molecular flexibility index (Phi) is 14.9. The highest BCUT2D eigenvalue weighted by Crippen LogP contribution is 2.52. The van der Waals surface area contributed by atoms with Crippen LogP contribution < -0.4 is 0 Å². The third-order valence-corrected chi connectivity index (χ3v) is 7.12. The number of hydrogen-bond donors (Lipinski definition) is 0. The highest BCUT2D eigenvalue weighted by atomic mass is 35.5. The van der Waals surface area contributed by atoms with Gasteiger partial charge in [0.25, 0.3) is 0 Å². The Labute approximate surface area is 227 Å². The lowest BCUT2D eigenvalue weighted by molar-refractivity contribution is -0.325. The molecule has 0 amide bonds. The first-order valence-corrected chi connectivity index (χ1v) is 14.5. The number of halogens is 3. The lowest BCUT2D eigenvalue weighted by Gasteiger charge is -2.52. The molecule has 1 heterocycles. The first-order chi connectivity index (χ1) is 17.9. The Bertz CT molecular complexity index is 726. The van der Waals surface area contributed by atoms with E-state index < -0.39 is 35.4 Å². The van der Waals surface area contributed by atoms with Crippen molar-refractivity contribution in [3.05, 3.63) is 35.9 Å². The first kappa shape index (κ1) is 32.4. The lowest BCUT2D eigenvalue weighted by atomic mass is 9.87. The molecular formula is C29H47ClF2O5. The number of rotatable bonds is 19. The van der Waals surface area contributed by atoms with Crippen molar-refractivity contribution in [1.82, 2.24) is 0 Å². The van der Waals surface area contributed by atoms with Gasteiger partial charge in [-0.15, -0.1) is 0 Å². The van der Waals surface area contributed by atoms with E-state index in [4.69, 9.17) is 35.3 Å². The molecule has 1 saturated heterocycles. The Morgan fingerprint density at radius 1 is 0.784 bits per heavy atom. The van der Waals surface area contributed by atoms with Crippen LogP contribution in [0, 0.1) is 0 Å². The fourth-order valence-corrected chi connectivity index (χ4v) is 4.70. The van der Waals surface area contributed by atoms with Crippen LogP contribution in [0.25, 0.3) is 0 Å². The van der Waals surface area contributed by atoms with Crippen LogP contribution in [0.5, 0.6) is 0 Å². The van der Waals surface area contributed by atoms with Crippen LogP contribution in [0.3, 0.4) is 0 Å². The molecule has 8 heteroatoms. The topological polar surface area (TPSA) is 46.2 Å². The van der Waals surface area contributed by atoms with Crippen molar-refractivity contribution in [3.8, 4) is 0 Å². The summed E-state index contributed by atoms with van der Waals surface area (Å²) in [6.45, 7) is 9.88. The fourth-order valence-electron chi connectivity index (χ4n) is 4.29. The van der Waals surface area contributed by atoms with Crippen LogP contribution in [0.2, 0.25) is 0 Å². The van der Waals surface area contributed by atoms with Gasteiger partial charge in [-0.25, -0.2) is 0 Å². The summed E-state index contributed by atoms with van der Waals surface area (Å²) in [6.07, 6.45) is 3.22. The quantitative estimate of drug-likeness (QED) is 0.132. The van der Waals surface area contributed by atoms with Crippen molar-refractivity contribution in [2.75, 3.05) is 33.0 Å². The van der Waals surface area contributed by atoms with Gasteiger partial charge >= 0.3 is 5.92 Å². The van der Waals surface area contributed by atoms with E-state index >= 15 is 8.78 Å². The van der Waals surface area contributed by atoms with E-state index in [0.717, 1.165) is 44.9 Å². The third-order valence-electron chi connectivity index (χ3n) is 6.58. The second kappa shape index (κ2) is 17.0.